The van der Waals surface area contributed by atoms with E-state index in [1.165, 1.54) is 16.5 Å². The normalized spacial score (nSPS) is 11.2. The first kappa shape index (κ1) is 18.0. The van der Waals surface area contributed by atoms with E-state index in [0.29, 0.717) is 6.54 Å². The molecule has 1 N–H and O–H groups in total. The van der Waals surface area contributed by atoms with Crippen LogP contribution in [0.1, 0.15) is 11.1 Å². The lowest BCUT2D eigenvalue weighted by molar-refractivity contribution is -0.122. The molecule has 0 spiro atoms. The predicted octanol–water partition coefficient (Wildman–Crippen LogP) is 4.13. The summed E-state index contributed by atoms with van der Waals surface area (Å²) in [6.45, 7) is 2.57. The van der Waals surface area contributed by atoms with Crippen LogP contribution in [-0.4, -0.2) is 35.2 Å². The molecule has 0 aliphatic heterocycles. The van der Waals surface area contributed by atoms with Crippen molar-refractivity contribution in [2.24, 2.45) is 0 Å². The molecule has 0 radical (unpaired) electrons. The molecule has 0 aliphatic carbocycles. The maximum atomic E-state index is 12.3. The van der Waals surface area contributed by atoms with Gasteiger partial charge in [0.2, 0.25) is 0 Å². The van der Waals surface area contributed by atoms with Gasteiger partial charge < -0.3 is 0 Å². The molecule has 1 amide bonds. The van der Waals surface area contributed by atoms with Crippen LogP contribution in [-0.2, 0) is 4.79 Å². The van der Waals surface area contributed by atoms with Crippen molar-refractivity contribution < 1.29 is 4.79 Å². The summed E-state index contributed by atoms with van der Waals surface area (Å²) in [4.78, 5) is 13.7. The van der Waals surface area contributed by atoms with Gasteiger partial charge in [-0.1, -0.05) is 52.4 Å². The Morgan fingerprint density at radius 1 is 1.33 bits per heavy atom. The van der Waals surface area contributed by atoms with Crippen molar-refractivity contribution in [3.8, 4) is 0 Å². The van der Waals surface area contributed by atoms with Crippen LogP contribution < -0.4 is 0 Å². The van der Waals surface area contributed by atoms with Crippen LogP contribution in [0.4, 0.5) is 0 Å². The van der Waals surface area contributed by atoms with Crippen molar-refractivity contribution in [2.45, 2.75) is 6.92 Å². The van der Waals surface area contributed by atoms with Gasteiger partial charge >= 0.3 is 0 Å². The van der Waals surface area contributed by atoms with Crippen LogP contribution in [0.3, 0.4) is 0 Å². The Kier molecular flexibility index (Phi) is 8.37. The average Bonchev–Trinajstić information content (AvgIpc) is 2.47. The topological polar surface area (TPSA) is 44.2 Å². The van der Waals surface area contributed by atoms with Gasteiger partial charge in [0.05, 0.1) is 0 Å². The lowest BCUT2D eigenvalue weighted by Gasteiger charge is -2.19. The van der Waals surface area contributed by atoms with E-state index in [-0.39, 0.29) is 11.7 Å². The molecule has 5 heteroatoms. The number of aryl methyl sites for hydroxylation is 1. The fraction of sp³-hybridized carbons (Fsp3) is 0.250. The quantitative estimate of drug-likeness (QED) is 0.329. The Balaban J connectivity index is 2.79. The van der Waals surface area contributed by atoms with Gasteiger partial charge in [0, 0.05) is 18.4 Å². The minimum atomic E-state index is -0.163. The molecular formula is C16H19IN2OS. The SMILES string of the molecule is CSCCN(C(=N)/C=C\I)C(=O)/C=C/c1ccc(C)cc1. The van der Waals surface area contributed by atoms with Crippen molar-refractivity contribution in [2.75, 3.05) is 18.6 Å². The molecule has 3 nitrogen and oxygen atoms in total. The number of nitrogens with one attached hydrogen (secondary N) is 1. The Hall–Kier alpha value is -1.08. The van der Waals surface area contributed by atoms with Gasteiger partial charge in [-0.15, -0.1) is 0 Å². The summed E-state index contributed by atoms with van der Waals surface area (Å²) in [5.74, 6) is 0.864. The Bertz CT molecular complexity index is 538. The second-order valence-electron chi connectivity index (χ2n) is 4.40. The van der Waals surface area contributed by atoms with Gasteiger partial charge in [-0.3, -0.25) is 15.1 Å². The molecule has 0 atom stereocenters. The second-order valence-corrected chi connectivity index (χ2v) is 6.11. The molecule has 0 bridgehead atoms. The first-order valence-electron chi connectivity index (χ1n) is 6.49. The number of thioether (sulfide) groups is 1. The number of halogens is 1. The van der Waals surface area contributed by atoms with E-state index in [1.54, 1.807) is 28.0 Å². The Morgan fingerprint density at radius 2 is 2.00 bits per heavy atom. The van der Waals surface area contributed by atoms with Crippen LogP contribution in [0.25, 0.3) is 6.08 Å². The highest BCUT2D eigenvalue weighted by atomic mass is 127. The van der Waals surface area contributed by atoms with Gasteiger partial charge in [-0.05, 0) is 35.0 Å². The highest BCUT2D eigenvalue weighted by molar-refractivity contribution is 14.1. The molecule has 0 aromatic heterocycles. The Morgan fingerprint density at radius 3 is 2.57 bits per heavy atom. The zero-order valence-corrected chi connectivity index (χ0v) is 15.1. The highest BCUT2D eigenvalue weighted by Crippen LogP contribution is 2.07. The summed E-state index contributed by atoms with van der Waals surface area (Å²) in [6.07, 6.45) is 6.93. The van der Waals surface area contributed by atoms with Crippen molar-refractivity contribution >= 4 is 52.2 Å². The largest absolute Gasteiger partial charge is 0.293 e. The molecule has 1 aromatic rings. The van der Waals surface area contributed by atoms with E-state index in [2.05, 4.69) is 0 Å². The third-order valence-electron chi connectivity index (χ3n) is 2.79. The molecule has 1 aromatic carbocycles. The zero-order valence-electron chi connectivity index (χ0n) is 12.2. The molecule has 21 heavy (non-hydrogen) atoms. The number of nitrogens with zero attached hydrogens (tertiary/aromatic N) is 1. The van der Waals surface area contributed by atoms with Gasteiger partial charge in [0.25, 0.3) is 5.91 Å². The van der Waals surface area contributed by atoms with E-state index in [9.17, 15) is 4.79 Å². The van der Waals surface area contributed by atoms with E-state index in [0.717, 1.165) is 11.3 Å². The molecule has 0 saturated heterocycles. The number of amidine groups is 1. The predicted molar refractivity (Wildman–Crippen MR) is 101 cm³/mol. The third kappa shape index (κ3) is 6.48. The first-order chi connectivity index (χ1) is 10.1. The fourth-order valence-corrected chi connectivity index (χ4v) is 2.32. The number of carbonyl (C=O) groups is 1. The number of amides is 1. The summed E-state index contributed by atoms with van der Waals surface area (Å²) in [5.41, 5.74) is 2.17. The zero-order chi connectivity index (χ0) is 15.7. The highest BCUT2D eigenvalue weighted by Gasteiger charge is 2.13. The van der Waals surface area contributed by atoms with Gasteiger partial charge in [-0.2, -0.15) is 11.8 Å². The maximum absolute atomic E-state index is 12.3. The van der Waals surface area contributed by atoms with Gasteiger partial charge in [-0.25, -0.2) is 0 Å². The van der Waals surface area contributed by atoms with Crippen LogP contribution in [0.15, 0.2) is 40.5 Å². The number of hydrogen-bond acceptors (Lipinski definition) is 3. The minimum absolute atomic E-state index is 0.163. The van der Waals surface area contributed by atoms with Crippen LogP contribution in [0.2, 0.25) is 0 Å². The Labute approximate surface area is 144 Å². The van der Waals surface area contributed by atoms with E-state index in [1.807, 2.05) is 60.0 Å². The van der Waals surface area contributed by atoms with Crippen LogP contribution >= 0.6 is 34.4 Å². The monoisotopic (exact) mass is 414 g/mol. The standard InChI is InChI=1S/C16H19IN2OS/c1-13-3-5-14(6-4-13)7-8-16(20)19(11-12-21-2)15(18)9-10-17/h3-10,18H,11-12H2,1-2H3/b8-7+,10-9-,18-15?. The molecule has 0 aliphatic rings. The van der Waals surface area contributed by atoms with Crippen molar-refractivity contribution in [3.63, 3.8) is 0 Å². The summed E-state index contributed by atoms with van der Waals surface area (Å²) >= 11 is 3.71. The smallest absolute Gasteiger partial charge is 0.252 e. The maximum Gasteiger partial charge on any atom is 0.252 e. The van der Waals surface area contributed by atoms with Crippen LogP contribution in [0, 0.1) is 12.3 Å². The minimum Gasteiger partial charge on any atom is -0.293 e. The molecule has 1 rings (SSSR count). The third-order valence-corrected chi connectivity index (χ3v) is 3.74. The molecule has 0 fully saturated rings. The van der Waals surface area contributed by atoms with Crippen molar-refractivity contribution in [1.29, 1.82) is 5.41 Å². The van der Waals surface area contributed by atoms with E-state index in [4.69, 9.17) is 5.41 Å². The number of benzene rings is 1. The van der Waals surface area contributed by atoms with E-state index >= 15 is 0 Å². The molecule has 112 valence electrons. The van der Waals surface area contributed by atoms with Crippen molar-refractivity contribution in [3.05, 3.63) is 51.6 Å². The summed E-state index contributed by atoms with van der Waals surface area (Å²) < 4.78 is 1.74. The molecule has 0 heterocycles. The lowest BCUT2D eigenvalue weighted by atomic mass is 10.1. The number of carbonyl (C=O) groups excluding carboxylic acids is 1. The molecular weight excluding hydrogens is 395 g/mol. The average molecular weight is 414 g/mol. The number of hydrogen-bond donors (Lipinski definition) is 1. The second kappa shape index (κ2) is 9.78. The van der Waals surface area contributed by atoms with Gasteiger partial charge in [0.15, 0.2) is 0 Å². The lowest BCUT2D eigenvalue weighted by Crippen LogP contribution is -2.35. The number of rotatable bonds is 6. The summed E-state index contributed by atoms with van der Waals surface area (Å²) in [6, 6.07) is 7.97. The fourth-order valence-electron chi connectivity index (χ4n) is 1.62. The van der Waals surface area contributed by atoms with Crippen LogP contribution in [0.5, 0.6) is 0 Å². The van der Waals surface area contributed by atoms with Crippen molar-refractivity contribution in [1.82, 2.24) is 4.90 Å². The molecule has 0 saturated carbocycles. The van der Waals surface area contributed by atoms with Gasteiger partial charge in [0.1, 0.15) is 5.84 Å². The molecule has 0 unspecified atom stereocenters. The van der Waals surface area contributed by atoms with E-state index < -0.39 is 0 Å². The first-order valence-corrected chi connectivity index (χ1v) is 9.13. The summed E-state index contributed by atoms with van der Waals surface area (Å²) in [5, 5.41) is 7.94. The summed E-state index contributed by atoms with van der Waals surface area (Å²) in [7, 11) is 0.